The molecule has 0 aliphatic carbocycles. The van der Waals surface area contributed by atoms with Crippen molar-refractivity contribution < 1.29 is 50.7 Å². The number of carbonyl (C=O) groups is 6. The van der Waals surface area contributed by atoms with Crippen LogP contribution in [0.15, 0.2) is 0 Å². The van der Waals surface area contributed by atoms with Gasteiger partial charge in [-0.2, -0.15) is 0 Å². The maximum Gasteiger partial charge on any atom is 0.326 e. The third-order valence-electron chi connectivity index (χ3n) is 11.7. The Bertz CT molecular complexity index is 1270. The number of rotatable bonds is 0. The Balaban J connectivity index is 0.000000929. The fourth-order valence-electron chi connectivity index (χ4n) is 9.59. The van der Waals surface area contributed by atoms with Gasteiger partial charge in [-0.05, 0) is 26.7 Å². The fraction of sp³-hybridized carbons (Fsp3) is 0.750. The Labute approximate surface area is 261 Å². The van der Waals surface area contributed by atoms with Crippen LogP contribution in [-0.2, 0) is 0 Å². The molecule has 254 valence electrons. The molecule has 0 aromatic carbocycles. The first kappa shape index (κ1) is 31.4. The third kappa shape index (κ3) is 2.80. The van der Waals surface area contributed by atoms with Crippen molar-refractivity contribution in [3.63, 3.8) is 0 Å². The van der Waals surface area contributed by atoms with Crippen LogP contribution in [0.5, 0.6) is 0 Å². The van der Waals surface area contributed by atoms with Crippen LogP contribution in [0.25, 0.3) is 0 Å². The molecular formula is C24H38N12O10. The molecule has 10 fully saturated rings. The summed E-state index contributed by atoms with van der Waals surface area (Å²) in [6.07, 6.45) is -0.975. The maximum atomic E-state index is 14.5. The number of hydrogen-bond acceptors (Lipinski definition) is 6. The van der Waals surface area contributed by atoms with Crippen LogP contribution in [0.2, 0.25) is 0 Å². The van der Waals surface area contributed by atoms with Crippen LogP contribution >= 0.6 is 0 Å². The molecule has 10 heterocycles. The normalized spacial score (nSPS) is 37.4. The summed E-state index contributed by atoms with van der Waals surface area (Å²) >= 11 is 0. The van der Waals surface area contributed by atoms with Gasteiger partial charge in [-0.1, -0.05) is 0 Å². The van der Waals surface area contributed by atoms with E-state index in [-0.39, 0.29) is 72.7 Å². The first-order valence-electron chi connectivity index (χ1n) is 14.6. The minimum atomic E-state index is -1.33. The highest BCUT2D eigenvalue weighted by atomic mass is 16.2. The summed E-state index contributed by atoms with van der Waals surface area (Å²) in [7, 11) is 0. The van der Waals surface area contributed by atoms with Crippen molar-refractivity contribution in [3.05, 3.63) is 0 Å². The number of carbonyl (C=O) groups excluding carboxylic acids is 6. The number of amides is 12. The maximum absolute atomic E-state index is 14.5. The van der Waals surface area contributed by atoms with Crippen molar-refractivity contribution in [2.75, 3.05) is 52.9 Å². The zero-order valence-corrected chi connectivity index (χ0v) is 25.2. The summed E-state index contributed by atoms with van der Waals surface area (Å²) in [6.45, 7) is 5.09. The number of nitrogens with zero attached hydrogens (tertiary/aromatic N) is 12. The Morgan fingerprint density at radius 1 is 0.391 bits per heavy atom. The summed E-state index contributed by atoms with van der Waals surface area (Å²) in [4.78, 5) is 103. The van der Waals surface area contributed by atoms with Crippen LogP contribution in [0.1, 0.15) is 26.7 Å². The standard InChI is InChI=1S/C24H30N12O6.4H2O/c1-23-24(2)35-11-31-16-14-27(19(31)39)7-4-8-28(14)20(40)32(16)12-36(24)22(42)34(23)10-30-15-13-25(5-3-6-26(13)18(30)38)17(37)29(15)9-33(23)21(35)41;;;;/h13-16H,3-12H2,1-2H3;4*1H2. The highest BCUT2D eigenvalue weighted by Gasteiger charge is 2.79. The van der Waals surface area contributed by atoms with Crippen LogP contribution in [0.3, 0.4) is 0 Å². The van der Waals surface area contributed by atoms with Crippen LogP contribution in [0.4, 0.5) is 28.8 Å². The molecule has 10 aliphatic heterocycles. The molecule has 0 bridgehead atoms. The molecule has 10 rings (SSSR count). The molecule has 0 unspecified atom stereocenters. The molecule has 0 spiro atoms. The second kappa shape index (κ2) is 9.04. The van der Waals surface area contributed by atoms with E-state index in [1.165, 1.54) is 0 Å². The number of urea groups is 6. The van der Waals surface area contributed by atoms with E-state index >= 15 is 0 Å². The Kier molecular flexibility index (Phi) is 6.18. The summed E-state index contributed by atoms with van der Waals surface area (Å²) in [5.41, 5.74) is -2.66. The first-order valence-corrected chi connectivity index (χ1v) is 14.6. The summed E-state index contributed by atoms with van der Waals surface area (Å²) in [5, 5.41) is 0. The molecule has 0 radical (unpaired) electrons. The van der Waals surface area contributed by atoms with E-state index in [0.717, 1.165) is 0 Å². The van der Waals surface area contributed by atoms with Gasteiger partial charge in [0.25, 0.3) is 0 Å². The molecule has 0 aromatic rings. The summed E-state index contributed by atoms with van der Waals surface area (Å²) < 4.78 is 0. The highest BCUT2D eigenvalue weighted by Crippen LogP contribution is 2.55. The molecule has 0 aromatic heterocycles. The van der Waals surface area contributed by atoms with Gasteiger partial charge in [-0.3, -0.25) is 58.8 Å². The van der Waals surface area contributed by atoms with Crippen LogP contribution < -0.4 is 0 Å². The smallest absolute Gasteiger partial charge is 0.326 e. The average Bonchev–Trinajstić information content (AvgIpc) is 3.67. The quantitative estimate of drug-likeness (QED) is 0.248. The minimum Gasteiger partial charge on any atom is -0.412 e. The van der Waals surface area contributed by atoms with Gasteiger partial charge < -0.3 is 21.9 Å². The van der Waals surface area contributed by atoms with Gasteiger partial charge in [-0.15, -0.1) is 0 Å². The first-order chi connectivity index (χ1) is 20.1. The van der Waals surface area contributed by atoms with Gasteiger partial charge in [0.2, 0.25) is 0 Å². The van der Waals surface area contributed by atoms with E-state index in [1.807, 2.05) is 0 Å². The zero-order chi connectivity index (χ0) is 28.8. The second-order valence-electron chi connectivity index (χ2n) is 13.0. The van der Waals surface area contributed by atoms with Crippen molar-refractivity contribution in [1.82, 2.24) is 58.8 Å². The predicted molar refractivity (Wildman–Crippen MR) is 149 cm³/mol. The third-order valence-corrected chi connectivity index (χ3v) is 11.7. The van der Waals surface area contributed by atoms with Gasteiger partial charge >= 0.3 is 36.2 Å². The van der Waals surface area contributed by atoms with Gasteiger partial charge in [0.15, 0.2) is 23.7 Å². The molecule has 22 heteroatoms. The minimum absolute atomic E-state index is 0. The lowest BCUT2D eigenvalue weighted by atomic mass is 9.95. The van der Waals surface area contributed by atoms with Crippen molar-refractivity contribution in [2.24, 2.45) is 0 Å². The Hall–Kier alpha value is -4.54. The van der Waals surface area contributed by atoms with Crippen LogP contribution in [-0.4, -0.2) is 206 Å². The van der Waals surface area contributed by atoms with Crippen molar-refractivity contribution in [3.8, 4) is 0 Å². The number of hydrogen-bond donors (Lipinski definition) is 0. The van der Waals surface area contributed by atoms with E-state index < -0.39 is 48.1 Å². The Morgan fingerprint density at radius 2 is 0.609 bits per heavy atom. The molecular weight excluding hydrogens is 616 g/mol. The van der Waals surface area contributed by atoms with E-state index in [0.29, 0.717) is 39.0 Å². The second-order valence-corrected chi connectivity index (χ2v) is 13.0. The van der Waals surface area contributed by atoms with Crippen LogP contribution in [0, 0.1) is 0 Å². The molecule has 0 saturated carbocycles. The SMILES string of the molecule is CC12N3CN4C(=O)N5CCCN6C(=O)N(CN1C(=O)N1CN7C(=O)N8CCCN9C(=O)N(CN(C3=O)C12C)C7C98)C4C56.O.O.O.O. The van der Waals surface area contributed by atoms with E-state index in [4.69, 9.17) is 0 Å². The van der Waals surface area contributed by atoms with Crippen molar-refractivity contribution >= 4 is 36.2 Å². The topological polar surface area (TPSA) is 267 Å². The van der Waals surface area contributed by atoms with Gasteiger partial charge in [0.1, 0.15) is 39.0 Å². The molecule has 12 amide bonds. The zero-order valence-electron chi connectivity index (χ0n) is 25.2. The lowest BCUT2D eigenvalue weighted by Crippen LogP contribution is -2.71. The molecule has 46 heavy (non-hydrogen) atoms. The average molecular weight is 655 g/mol. The summed E-state index contributed by atoms with van der Waals surface area (Å²) in [5.74, 6) is 0. The van der Waals surface area contributed by atoms with Gasteiger partial charge in [-0.25, -0.2) is 28.8 Å². The van der Waals surface area contributed by atoms with E-state index in [2.05, 4.69) is 0 Å². The monoisotopic (exact) mass is 654 g/mol. The molecule has 10 saturated heterocycles. The molecule has 8 N–H and O–H groups in total. The largest absolute Gasteiger partial charge is 0.412 e. The highest BCUT2D eigenvalue weighted by molar-refractivity contribution is 5.92. The summed E-state index contributed by atoms with van der Waals surface area (Å²) in [6, 6.07) is -1.83. The lowest BCUT2D eigenvalue weighted by Gasteiger charge is -2.50. The van der Waals surface area contributed by atoms with E-state index in [9.17, 15) is 28.8 Å². The Morgan fingerprint density at radius 3 is 0.848 bits per heavy atom. The molecule has 10 aliphatic rings. The van der Waals surface area contributed by atoms with Gasteiger partial charge in [0.05, 0.1) is 0 Å². The lowest BCUT2D eigenvalue weighted by molar-refractivity contribution is -0.107. The predicted octanol–water partition coefficient (Wildman–Crippen LogP) is -4.49. The molecule has 0 atom stereocenters. The van der Waals surface area contributed by atoms with Gasteiger partial charge in [0, 0.05) is 26.2 Å². The van der Waals surface area contributed by atoms with E-state index in [1.54, 1.807) is 72.6 Å². The fourth-order valence-corrected chi connectivity index (χ4v) is 9.59. The van der Waals surface area contributed by atoms with Crippen molar-refractivity contribution in [2.45, 2.75) is 62.7 Å². The molecule has 22 nitrogen and oxygen atoms in total. The van der Waals surface area contributed by atoms with Crippen molar-refractivity contribution in [1.29, 1.82) is 0 Å².